The Bertz CT molecular complexity index is 1110. The van der Waals surface area contributed by atoms with Gasteiger partial charge in [-0.2, -0.15) is 0 Å². The Balaban J connectivity index is 1.66. The van der Waals surface area contributed by atoms with Gasteiger partial charge in [-0.15, -0.1) is 0 Å². The highest BCUT2D eigenvalue weighted by atomic mass is 35.5. The van der Waals surface area contributed by atoms with Crippen molar-refractivity contribution >= 4 is 22.6 Å². The lowest BCUT2D eigenvalue weighted by molar-refractivity contribution is 0.298. The van der Waals surface area contributed by atoms with E-state index >= 15 is 0 Å². The highest BCUT2D eigenvalue weighted by molar-refractivity contribution is 6.32. The Kier molecular flexibility index (Phi) is 5.28. The molecule has 7 heteroatoms. The normalized spacial score (nSPS) is 12.7. The molecule has 0 aliphatic heterocycles. The molecule has 0 N–H and O–H groups in total. The largest absolute Gasteiger partial charge is 0.493 e. The van der Waals surface area contributed by atoms with Crippen LogP contribution in [0.25, 0.3) is 11.0 Å². The van der Waals surface area contributed by atoms with Gasteiger partial charge in [-0.1, -0.05) is 11.6 Å². The quantitative estimate of drug-likeness (QED) is 0.549. The minimum atomic E-state index is -0.275. The maximum absolute atomic E-state index is 12.2. The van der Waals surface area contributed by atoms with Gasteiger partial charge in [-0.05, 0) is 48.6 Å². The summed E-state index contributed by atoms with van der Waals surface area (Å²) < 4.78 is 27.5. The summed E-state index contributed by atoms with van der Waals surface area (Å²) in [5, 5.41) is 1.34. The Morgan fingerprint density at radius 1 is 0.931 bits per heavy atom. The van der Waals surface area contributed by atoms with E-state index in [-0.39, 0.29) is 12.2 Å². The third-order valence-corrected chi connectivity index (χ3v) is 5.44. The van der Waals surface area contributed by atoms with Crippen LogP contribution in [0.5, 0.6) is 23.0 Å². The summed E-state index contributed by atoms with van der Waals surface area (Å²) in [4.78, 5) is 12.2. The molecule has 152 valence electrons. The smallest absolute Gasteiger partial charge is 0.339 e. The molecule has 1 aliphatic carbocycles. The van der Waals surface area contributed by atoms with E-state index in [1.54, 1.807) is 27.4 Å². The van der Waals surface area contributed by atoms with Gasteiger partial charge in [-0.3, -0.25) is 0 Å². The zero-order valence-corrected chi connectivity index (χ0v) is 17.2. The zero-order chi connectivity index (χ0) is 20.5. The molecule has 0 unspecified atom stereocenters. The van der Waals surface area contributed by atoms with Crippen LogP contribution in [-0.4, -0.2) is 21.3 Å². The fourth-order valence-corrected chi connectivity index (χ4v) is 3.99. The zero-order valence-electron chi connectivity index (χ0n) is 16.5. The molecule has 0 saturated heterocycles. The molecule has 29 heavy (non-hydrogen) atoms. The van der Waals surface area contributed by atoms with Crippen molar-refractivity contribution in [2.24, 2.45) is 0 Å². The Labute approximate surface area is 172 Å². The predicted molar refractivity (Wildman–Crippen MR) is 110 cm³/mol. The minimum Gasteiger partial charge on any atom is -0.493 e. The van der Waals surface area contributed by atoms with Crippen molar-refractivity contribution in [1.29, 1.82) is 0 Å². The van der Waals surface area contributed by atoms with E-state index in [1.807, 2.05) is 18.2 Å². The van der Waals surface area contributed by atoms with E-state index in [1.165, 1.54) is 0 Å². The standard InChI is InChI=1S/C22H21ClO6/c1-25-19-7-12(8-20(26-2)21(19)27-3)11-28-18-10-17-15(9-16(18)23)13-5-4-6-14(13)22(24)29-17/h7-10H,4-6,11H2,1-3H3. The first-order valence-electron chi connectivity index (χ1n) is 9.25. The van der Waals surface area contributed by atoms with Gasteiger partial charge in [-0.25, -0.2) is 4.79 Å². The second-order valence-electron chi connectivity index (χ2n) is 6.80. The average molecular weight is 417 g/mol. The van der Waals surface area contributed by atoms with Gasteiger partial charge in [0, 0.05) is 17.0 Å². The Morgan fingerprint density at radius 2 is 1.62 bits per heavy atom. The number of benzene rings is 2. The fourth-order valence-electron chi connectivity index (χ4n) is 3.77. The molecule has 0 saturated carbocycles. The number of rotatable bonds is 6. The molecule has 4 rings (SSSR count). The van der Waals surface area contributed by atoms with Crippen molar-refractivity contribution in [2.75, 3.05) is 21.3 Å². The third kappa shape index (κ3) is 3.49. The molecule has 3 aromatic rings. The summed E-state index contributed by atoms with van der Waals surface area (Å²) in [6.07, 6.45) is 2.57. The van der Waals surface area contributed by atoms with E-state index in [0.717, 1.165) is 41.3 Å². The molecule has 0 fully saturated rings. The average Bonchev–Trinajstić information content (AvgIpc) is 3.23. The number of hydrogen-bond acceptors (Lipinski definition) is 6. The predicted octanol–water partition coefficient (Wildman–Crippen LogP) is 4.54. The maximum Gasteiger partial charge on any atom is 0.339 e. The molecular weight excluding hydrogens is 396 g/mol. The van der Waals surface area contributed by atoms with Gasteiger partial charge in [0.1, 0.15) is 17.9 Å². The lowest BCUT2D eigenvalue weighted by Gasteiger charge is -2.15. The van der Waals surface area contributed by atoms with Crippen molar-refractivity contribution in [3.05, 3.63) is 56.4 Å². The first-order valence-corrected chi connectivity index (χ1v) is 9.63. The molecule has 0 atom stereocenters. The van der Waals surface area contributed by atoms with Crippen LogP contribution in [-0.2, 0) is 19.4 Å². The molecule has 1 heterocycles. The maximum atomic E-state index is 12.2. The molecule has 0 amide bonds. The lowest BCUT2D eigenvalue weighted by Crippen LogP contribution is -2.07. The minimum absolute atomic E-state index is 0.219. The topological polar surface area (TPSA) is 67.1 Å². The van der Waals surface area contributed by atoms with Gasteiger partial charge in [0.25, 0.3) is 0 Å². The fraction of sp³-hybridized carbons (Fsp3) is 0.318. The van der Waals surface area contributed by atoms with Crippen LogP contribution in [0.4, 0.5) is 0 Å². The summed E-state index contributed by atoms with van der Waals surface area (Å²) in [6, 6.07) is 7.11. The number of hydrogen-bond donors (Lipinski definition) is 0. The van der Waals surface area contributed by atoms with Crippen molar-refractivity contribution in [2.45, 2.75) is 25.9 Å². The molecule has 2 aromatic carbocycles. The molecule has 0 radical (unpaired) electrons. The first kappa shape index (κ1) is 19.5. The van der Waals surface area contributed by atoms with Crippen LogP contribution in [0.2, 0.25) is 5.02 Å². The number of halogens is 1. The SMILES string of the molecule is COc1cc(COc2cc3oc(=O)c4c(c3cc2Cl)CCC4)cc(OC)c1OC. The van der Waals surface area contributed by atoms with E-state index in [4.69, 9.17) is 35.0 Å². The second-order valence-corrected chi connectivity index (χ2v) is 7.21. The summed E-state index contributed by atoms with van der Waals surface area (Å²) >= 11 is 6.46. The van der Waals surface area contributed by atoms with Crippen molar-refractivity contribution < 1.29 is 23.4 Å². The van der Waals surface area contributed by atoms with Crippen LogP contribution < -0.4 is 24.6 Å². The number of ether oxygens (including phenoxy) is 4. The summed E-state index contributed by atoms with van der Waals surface area (Å²) in [7, 11) is 4.67. The van der Waals surface area contributed by atoms with Crippen LogP contribution >= 0.6 is 11.6 Å². The van der Waals surface area contributed by atoms with E-state index in [9.17, 15) is 4.79 Å². The molecule has 0 spiro atoms. The summed E-state index contributed by atoms with van der Waals surface area (Å²) in [5.74, 6) is 2.03. The summed E-state index contributed by atoms with van der Waals surface area (Å²) in [5.41, 5.74) is 2.82. The number of aryl methyl sites for hydroxylation is 1. The van der Waals surface area contributed by atoms with E-state index < -0.39 is 0 Å². The molecule has 1 aliphatic rings. The summed E-state index contributed by atoms with van der Waals surface area (Å²) in [6.45, 7) is 0.219. The van der Waals surface area contributed by atoms with Gasteiger partial charge in [0.15, 0.2) is 11.5 Å². The number of methoxy groups -OCH3 is 3. The van der Waals surface area contributed by atoms with Crippen LogP contribution in [0.1, 0.15) is 23.1 Å². The molecule has 1 aromatic heterocycles. The molecular formula is C22H21ClO6. The van der Waals surface area contributed by atoms with Gasteiger partial charge >= 0.3 is 5.63 Å². The Hall–Kier alpha value is -2.86. The van der Waals surface area contributed by atoms with Crippen LogP contribution in [0.15, 0.2) is 33.5 Å². The third-order valence-electron chi connectivity index (χ3n) is 5.14. The van der Waals surface area contributed by atoms with Crippen molar-refractivity contribution in [1.82, 2.24) is 0 Å². The van der Waals surface area contributed by atoms with Gasteiger partial charge < -0.3 is 23.4 Å². The lowest BCUT2D eigenvalue weighted by atomic mass is 10.1. The van der Waals surface area contributed by atoms with E-state index in [2.05, 4.69) is 0 Å². The highest BCUT2D eigenvalue weighted by Gasteiger charge is 2.21. The first-order chi connectivity index (χ1) is 14.0. The number of fused-ring (bicyclic) bond motifs is 3. The van der Waals surface area contributed by atoms with Gasteiger partial charge in [0.05, 0.1) is 26.4 Å². The van der Waals surface area contributed by atoms with Crippen molar-refractivity contribution in [3.63, 3.8) is 0 Å². The highest BCUT2D eigenvalue weighted by Crippen LogP contribution is 2.39. The monoisotopic (exact) mass is 416 g/mol. The van der Waals surface area contributed by atoms with Gasteiger partial charge in [0.2, 0.25) is 5.75 Å². The van der Waals surface area contributed by atoms with Crippen LogP contribution in [0.3, 0.4) is 0 Å². The molecule has 0 bridgehead atoms. The van der Waals surface area contributed by atoms with Crippen LogP contribution in [0, 0.1) is 0 Å². The Morgan fingerprint density at radius 3 is 2.28 bits per heavy atom. The van der Waals surface area contributed by atoms with Crippen molar-refractivity contribution in [3.8, 4) is 23.0 Å². The second kappa shape index (κ2) is 7.87. The van der Waals surface area contributed by atoms with E-state index in [0.29, 0.717) is 33.6 Å². The molecule has 6 nitrogen and oxygen atoms in total.